The molecule has 4 heteroatoms. The van der Waals surface area contributed by atoms with Gasteiger partial charge in [0.2, 0.25) is 6.79 Å². The topological polar surface area (TPSA) is 38.7 Å². The highest BCUT2D eigenvalue weighted by atomic mass is 28.3. The van der Waals surface area contributed by atoms with E-state index in [1.807, 2.05) is 6.07 Å². The fraction of sp³-hybridized carbons (Fsp3) is 0.429. The Balaban J connectivity index is 2.27. The van der Waals surface area contributed by atoms with Crippen LogP contribution in [0.15, 0.2) is 12.1 Å². The highest BCUT2D eigenvalue weighted by Crippen LogP contribution is 2.34. The van der Waals surface area contributed by atoms with E-state index in [9.17, 15) is 5.11 Å². The molecule has 0 aliphatic carbocycles. The number of aliphatic hydroxyl groups excluding tert-OH is 1. The number of ether oxygens (including phenoxy) is 2. The SMILES string of the molecule is C[Si](C)(C)CC#Cc1cc2c(cc1CO)OCO2. The third kappa shape index (κ3) is 3.06. The molecule has 0 aromatic heterocycles. The first-order chi connectivity index (χ1) is 8.49. The van der Waals surface area contributed by atoms with Crippen molar-refractivity contribution in [1.82, 2.24) is 0 Å². The van der Waals surface area contributed by atoms with Crippen molar-refractivity contribution in [3.05, 3.63) is 23.3 Å². The molecule has 96 valence electrons. The number of fused-ring (bicyclic) bond motifs is 1. The predicted molar refractivity (Wildman–Crippen MR) is 73.5 cm³/mol. The average molecular weight is 262 g/mol. The minimum absolute atomic E-state index is 0.0341. The second-order valence-corrected chi connectivity index (χ2v) is 11.0. The molecule has 2 rings (SSSR count). The molecule has 3 nitrogen and oxygen atoms in total. The number of benzene rings is 1. The van der Waals surface area contributed by atoms with Crippen LogP contribution in [0.25, 0.3) is 0 Å². The van der Waals surface area contributed by atoms with Crippen molar-refractivity contribution < 1.29 is 14.6 Å². The van der Waals surface area contributed by atoms with Crippen molar-refractivity contribution in [3.8, 4) is 23.3 Å². The van der Waals surface area contributed by atoms with E-state index in [1.165, 1.54) is 0 Å². The van der Waals surface area contributed by atoms with Gasteiger partial charge in [0.05, 0.1) is 14.7 Å². The molecule has 0 bridgehead atoms. The molecule has 18 heavy (non-hydrogen) atoms. The third-order valence-corrected chi connectivity index (χ3v) is 3.85. The van der Waals surface area contributed by atoms with Gasteiger partial charge >= 0.3 is 0 Å². The Hall–Kier alpha value is -1.44. The molecule has 0 atom stereocenters. The minimum Gasteiger partial charge on any atom is -0.454 e. The van der Waals surface area contributed by atoms with Gasteiger partial charge in [0.1, 0.15) is 0 Å². The third-order valence-electron chi connectivity index (χ3n) is 2.61. The van der Waals surface area contributed by atoms with E-state index in [-0.39, 0.29) is 13.4 Å². The van der Waals surface area contributed by atoms with Crippen LogP contribution in [0.5, 0.6) is 11.5 Å². The van der Waals surface area contributed by atoms with Crippen molar-refractivity contribution >= 4 is 8.07 Å². The molecule has 1 aromatic carbocycles. The summed E-state index contributed by atoms with van der Waals surface area (Å²) in [5.41, 5.74) is 1.63. The average Bonchev–Trinajstić information content (AvgIpc) is 2.73. The number of hydrogen-bond acceptors (Lipinski definition) is 3. The van der Waals surface area contributed by atoms with Gasteiger partial charge in [-0.05, 0) is 11.6 Å². The molecule has 0 unspecified atom stereocenters. The van der Waals surface area contributed by atoms with Crippen molar-refractivity contribution in [2.45, 2.75) is 32.3 Å². The molecule has 1 N–H and O–H groups in total. The maximum atomic E-state index is 9.35. The van der Waals surface area contributed by atoms with Crippen LogP contribution in [-0.2, 0) is 6.61 Å². The molecule has 0 amide bonds. The van der Waals surface area contributed by atoms with Gasteiger partial charge in [0.25, 0.3) is 0 Å². The zero-order chi connectivity index (χ0) is 13.2. The van der Waals surface area contributed by atoms with Crippen LogP contribution in [0, 0.1) is 11.8 Å². The maximum Gasteiger partial charge on any atom is 0.231 e. The zero-order valence-electron chi connectivity index (χ0n) is 11.0. The molecule has 1 heterocycles. The lowest BCUT2D eigenvalue weighted by molar-refractivity contribution is 0.174. The lowest BCUT2D eigenvalue weighted by Crippen LogP contribution is -2.17. The van der Waals surface area contributed by atoms with E-state index in [0.717, 1.165) is 17.2 Å². The number of hydrogen-bond donors (Lipinski definition) is 1. The van der Waals surface area contributed by atoms with Crippen LogP contribution in [0.1, 0.15) is 11.1 Å². The maximum absolute atomic E-state index is 9.35. The van der Waals surface area contributed by atoms with Gasteiger partial charge in [0, 0.05) is 17.7 Å². The fourth-order valence-electron chi connectivity index (χ4n) is 1.64. The molecule has 1 aliphatic rings. The lowest BCUT2D eigenvalue weighted by Gasteiger charge is -2.09. The summed E-state index contributed by atoms with van der Waals surface area (Å²) in [5, 5.41) is 9.35. The summed E-state index contributed by atoms with van der Waals surface area (Å²) in [6, 6.07) is 4.61. The molecular weight excluding hydrogens is 244 g/mol. The van der Waals surface area contributed by atoms with E-state index in [4.69, 9.17) is 9.47 Å². The van der Waals surface area contributed by atoms with E-state index in [2.05, 4.69) is 31.5 Å². The van der Waals surface area contributed by atoms with E-state index in [0.29, 0.717) is 11.5 Å². The molecule has 0 spiro atoms. The van der Waals surface area contributed by atoms with Gasteiger partial charge in [0.15, 0.2) is 11.5 Å². The van der Waals surface area contributed by atoms with Gasteiger partial charge in [-0.25, -0.2) is 0 Å². The van der Waals surface area contributed by atoms with Crippen molar-refractivity contribution in [1.29, 1.82) is 0 Å². The second-order valence-electron chi connectivity index (χ2n) is 5.56. The van der Waals surface area contributed by atoms with Gasteiger partial charge < -0.3 is 14.6 Å². The summed E-state index contributed by atoms with van der Waals surface area (Å²) < 4.78 is 10.6. The van der Waals surface area contributed by atoms with Gasteiger partial charge in [-0.15, -0.1) is 5.92 Å². The zero-order valence-corrected chi connectivity index (χ0v) is 12.0. The first kappa shape index (κ1) is 13.0. The monoisotopic (exact) mass is 262 g/mol. The fourth-order valence-corrected chi connectivity index (χ4v) is 2.25. The Morgan fingerprint density at radius 3 is 2.50 bits per heavy atom. The molecular formula is C14H18O3Si. The molecule has 0 saturated carbocycles. The van der Waals surface area contributed by atoms with E-state index in [1.54, 1.807) is 6.07 Å². The standard InChI is InChI=1S/C14H18O3Si/c1-18(2,3)6-4-5-11-7-13-14(17-10-16-13)8-12(11)9-15/h7-8,15H,6,9-10H2,1-3H3. The second kappa shape index (κ2) is 5.05. The normalized spacial score (nSPS) is 13.1. The molecule has 0 saturated heterocycles. The summed E-state index contributed by atoms with van der Waals surface area (Å²) >= 11 is 0. The highest BCUT2D eigenvalue weighted by Gasteiger charge is 2.16. The summed E-state index contributed by atoms with van der Waals surface area (Å²) in [7, 11) is -1.15. The Morgan fingerprint density at radius 2 is 1.89 bits per heavy atom. The highest BCUT2D eigenvalue weighted by molar-refractivity contribution is 6.76. The van der Waals surface area contributed by atoms with Crippen LogP contribution in [0.2, 0.25) is 25.7 Å². The summed E-state index contributed by atoms with van der Waals surface area (Å²) in [4.78, 5) is 0. The van der Waals surface area contributed by atoms with Gasteiger partial charge in [-0.1, -0.05) is 25.6 Å². The summed E-state index contributed by atoms with van der Waals surface area (Å²) in [6.07, 6.45) is 0. The van der Waals surface area contributed by atoms with Gasteiger partial charge in [-0.2, -0.15) is 0 Å². The van der Waals surface area contributed by atoms with E-state index < -0.39 is 8.07 Å². The van der Waals surface area contributed by atoms with Crippen molar-refractivity contribution in [2.75, 3.05) is 6.79 Å². The largest absolute Gasteiger partial charge is 0.454 e. The summed E-state index contributed by atoms with van der Waals surface area (Å²) in [6.45, 7) is 7.07. The minimum atomic E-state index is -1.15. The first-order valence-electron chi connectivity index (χ1n) is 6.02. The quantitative estimate of drug-likeness (QED) is 0.657. The van der Waals surface area contributed by atoms with Crippen molar-refractivity contribution in [3.63, 3.8) is 0 Å². The van der Waals surface area contributed by atoms with Crippen molar-refractivity contribution in [2.24, 2.45) is 0 Å². The lowest BCUT2D eigenvalue weighted by atomic mass is 10.1. The molecule has 1 aliphatic heterocycles. The van der Waals surface area contributed by atoms with Gasteiger partial charge in [-0.3, -0.25) is 0 Å². The molecule has 0 fully saturated rings. The van der Waals surface area contributed by atoms with Crippen LogP contribution in [-0.4, -0.2) is 20.0 Å². The first-order valence-corrected chi connectivity index (χ1v) is 9.72. The Bertz CT molecular complexity index is 506. The Labute approximate surface area is 109 Å². The van der Waals surface area contributed by atoms with Crippen LogP contribution in [0.4, 0.5) is 0 Å². The van der Waals surface area contributed by atoms with Crippen LogP contribution >= 0.6 is 0 Å². The summed E-state index contributed by atoms with van der Waals surface area (Å²) in [5.74, 6) is 7.75. The number of rotatable bonds is 2. The molecule has 1 aromatic rings. The van der Waals surface area contributed by atoms with Crippen LogP contribution < -0.4 is 9.47 Å². The molecule has 0 radical (unpaired) electrons. The Morgan fingerprint density at radius 1 is 1.22 bits per heavy atom. The smallest absolute Gasteiger partial charge is 0.231 e. The van der Waals surface area contributed by atoms with Crippen LogP contribution in [0.3, 0.4) is 0 Å². The number of aliphatic hydroxyl groups is 1. The Kier molecular flexibility index (Phi) is 3.65. The van der Waals surface area contributed by atoms with E-state index >= 15 is 0 Å². The predicted octanol–water partition coefficient (Wildman–Crippen LogP) is 2.60.